The molecule has 3 aromatic rings. The van der Waals surface area contributed by atoms with E-state index in [1.807, 2.05) is 49.6 Å². The molecule has 98 valence electrons. The summed E-state index contributed by atoms with van der Waals surface area (Å²) < 4.78 is 7.36. The zero-order valence-electron chi connectivity index (χ0n) is 11.2. The maximum Gasteiger partial charge on any atom is 0.212 e. The molecule has 3 rings (SSSR count). The number of rotatable bonds is 3. The number of hydrogen-bond acceptors (Lipinski definition) is 4. The number of aromatic nitrogens is 3. The molecule has 0 aliphatic rings. The highest BCUT2D eigenvalue weighted by Gasteiger charge is 2.13. The van der Waals surface area contributed by atoms with Crippen LogP contribution in [0.25, 0.3) is 16.2 Å². The Hall–Kier alpha value is -1.88. The SMILES string of the molecule is CCOc1ccc(-c2nc3sc(C)nn3c2C)cc1. The zero-order valence-corrected chi connectivity index (χ0v) is 12.0. The first kappa shape index (κ1) is 12.2. The molecule has 0 unspecified atom stereocenters. The number of imidazole rings is 1. The maximum absolute atomic E-state index is 5.45. The fourth-order valence-corrected chi connectivity index (χ4v) is 2.88. The Bertz CT molecular complexity index is 712. The third kappa shape index (κ3) is 2.10. The van der Waals surface area contributed by atoms with Gasteiger partial charge >= 0.3 is 0 Å². The van der Waals surface area contributed by atoms with Gasteiger partial charge in [0.1, 0.15) is 10.8 Å². The van der Waals surface area contributed by atoms with Crippen molar-refractivity contribution in [3.63, 3.8) is 0 Å². The molecule has 0 saturated carbocycles. The van der Waals surface area contributed by atoms with E-state index in [0.29, 0.717) is 6.61 Å². The average molecular weight is 273 g/mol. The molecule has 2 aromatic heterocycles. The van der Waals surface area contributed by atoms with Gasteiger partial charge < -0.3 is 4.74 Å². The van der Waals surface area contributed by atoms with Crippen LogP contribution in [0.3, 0.4) is 0 Å². The fraction of sp³-hybridized carbons (Fsp3) is 0.286. The van der Waals surface area contributed by atoms with Gasteiger partial charge in [-0.1, -0.05) is 11.3 Å². The van der Waals surface area contributed by atoms with Crippen LogP contribution in [0.5, 0.6) is 5.75 Å². The van der Waals surface area contributed by atoms with E-state index in [0.717, 1.165) is 32.7 Å². The van der Waals surface area contributed by atoms with E-state index >= 15 is 0 Å². The Morgan fingerprint density at radius 2 is 1.95 bits per heavy atom. The first-order valence-electron chi connectivity index (χ1n) is 6.25. The lowest BCUT2D eigenvalue weighted by atomic mass is 10.1. The van der Waals surface area contributed by atoms with E-state index < -0.39 is 0 Å². The van der Waals surface area contributed by atoms with Gasteiger partial charge in [0, 0.05) is 5.56 Å². The molecule has 1 aromatic carbocycles. The molecule has 0 saturated heterocycles. The molecule has 4 nitrogen and oxygen atoms in total. The van der Waals surface area contributed by atoms with Crippen LogP contribution in [0.2, 0.25) is 0 Å². The van der Waals surface area contributed by atoms with Crippen LogP contribution < -0.4 is 4.74 Å². The van der Waals surface area contributed by atoms with Gasteiger partial charge in [0.05, 0.1) is 18.0 Å². The Kier molecular flexibility index (Phi) is 2.98. The molecule has 0 N–H and O–H groups in total. The fourth-order valence-electron chi connectivity index (χ4n) is 2.09. The monoisotopic (exact) mass is 273 g/mol. The minimum absolute atomic E-state index is 0.682. The van der Waals surface area contributed by atoms with Crippen LogP contribution in [0.15, 0.2) is 24.3 Å². The predicted molar refractivity (Wildman–Crippen MR) is 76.9 cm³/mol. The van der Waals surface area contributed by atoms with E-state index in [4.69, 9.17) is 4.74 Å². The number of ether oxygens (including phenoxy) is 1. The molecule has 19 heavy (non-hydrogen) atoms. The van der Waals surface area contributed by atoms with Crippen molar-refractivity contribution in [1.82, 2.24) is 14.6 Å². The van der Waals surface area contributed by atoms with Gasteiger partial charge in [0.2, 0.25) is 4.96 Å². The lowest BCUT2D eigenvalue weighted by Crippen LogP contribution is -1.91. The summed E-state index contributed by atoms with van der Waals surface area (Å²) in [6.45, 7) is 6.71. The normalized spacial score (nSPS) is 11.1. The van der Waals surface area contributed by atoms with Crippen LogP contribution >= 0.6 is 11.3 Å². The van der Waals surface area contributed by atoms with Crippen molar-refractivity contribution < 1.29 is 4.74 Å². The molecule has 0 aliphatic heterocycles. The van der Waals surface area contributed by atoms with Gasteiger partial charge in [-0.05, 0) is 45.0 Å². The van der Waals surface area contributed by atoms with Crippen molar-refractivity contribution in [3.05, 3.63) is 35.0 Å². The molecule has 0 fully saturated rings. The minimum Gasteiger partial charge on any atom is -0.494 e. The highest BCUT2D eigenvalue weighted by molar-refractivity contribution is 7.16. The van der Waals surface area contributed by atoms with Crippen LogP contribution in [0, 0.1) is 13.8 Å². The van der Waals surface area contributed by atoms with E-state index in [9.17, 15) is 0 Å². The second-order valence-corrected chi connectivity index (χ2v) is 5.48. The summed E-state index contributed by atoms with van der Waals surface area (Å²) in [5.41, 5.74) is 3.15. The van der Waals surface area contributed by atoms with Crippen molar-refractivity contribution in [2.45, 2.75) is 20.8 Å². The summed E-state index contributed by atoms with van der Waals surface area (Å²) >= 11 is 1.61. The molecule has 2 heterocycles. The van der Waals surface area contributed by atoms with Crippen LogP contribution in [-0.4, -0.2) is 21.2 Å². The molecule has 0 bridgehead atoms. The zero-order chi connectivity index (χ0) is 13.4. The summed E-state index contributed by atoms with van der Waals surface area (Å²) in [5, 5.41) is 5.49. The molecule has 0 aliphatic carbocycles. The van der Waals surface area contributed by atoms with E-state index in [1.54, 1.807) is 11.3 Å². The minimum atomic E-state index is 0.682. The smallest absolute Gasteiger partial charge is 0.212 e. The lowest BCUT2D eigenvalue weighted by molar-refractivity contribution is 0.340. The first-order valence-corrected chi connectivity index (χ1v) is 7.06. The highest BCUT2D eigenvalue weighted by atomic mass is 32.1. The van der Waals surface area contributed by atoms with E-state index in [2.05, 4.69) is 10.1 Å². The Morgan fingerprint density at radius 3 is 2.58 bits per heavy atom. The lowest BCUT2D eigenvalue weighted by Gasteiger charge is -2.04. The summed E-state index contributed by atoms with van der Waals surface area (Å²) in [4.78, 5) is 5.60. The molecular weight excluding hydrogens is 258 g/mol. The van der Waals surface area contributed by atoms with Crippen molar-refractivity contribution in [3.8, 4) is 17.0 Å². The number of nitrogens with zero attached hydrogens (tertiary/aromatic N) is 3. The number of aryl methyl sites for hydroxylation is 2. The third-order valence-corrected chi connectivity index (χ3v) is 3.79. The standard InChI is InChI=1S/C14H15N3OS/c1-4-18-12-7-5-11(6-8-12)13-9(2)17-14(15-13)19-10(3)16-17/h5-8H,4H2,1-3H3. The van der Waals surface area contributed by atoms with Crippen molar-refractivity contribution in [1.29, 1.82) is 0 Å². The summed E-state index contributed by atoms with van der Waals surface area (Å²) in [6, 6.07) is 8.03. The van der Waals surface area contributed by atoms with Crippen LogP contribution in [-0.2, 0) is 0 Å². The molecule has 0 spiro atoms. The Balaban J connectivity index is 2.03. The van der Waals surface area contributed by atoms with Gasteiger partial charge in [0.25, 0.3) is 0 Å². The van der Waals surface area contributed by atoms with Gasteiger partial charge in [-0.2, -0.15) is 5.10 Å². The highest BCUT2D eigenvalue weighted by Crippen LogP contribution is 2.27. The third-order valence-electron chi connectivity index (χ3n) is 2.97. The van der Waals surface area contributed by atoms with Crippen LogP contribution in [0.4, 0.5) is 0 Å². The number of hydrogen-bond donors (Lipinski definition) is 0. The summed E-state index contributed by atoms with van der Waals surface area (Å²) in [5.74, 6) is 0.888. The quantitative estimate of drug-likeness (QED) is 0.733. The molecule has 0 amide bonds. The summed E-state index contributed by atoms with van der Waals surface area (Å²) in [7, 11) is 0. The Morgan fingerprint density at radius 1 is 1.21 bits per heavy atom. The van der Waals surface area contributed by atoms with Gasteiger partial charge in [0.15, 0.2) is 0 Å². The van der Waals surface area contributed by atoms with Crippen LogP contribution in [0.1, 0.15) is 17.6 Å². The molecular formula is C14H15N3OS. The van der Waals surface area contributed by atoms with Gasteiger partial charge in [-0.25, -0.2) is 9.50 Å². The predicted octanol–water partition coefficient (Wildman–Crippen LogP) is 3.47. The molecule has 0 radical (unpaired) electrons. The van der Waals surface area contributed by atoms with Crippen molar-refractivity contribution in [2.75, 3.05) is 6.61 Å². The average Bonchev–Trinajstić information content (AvgIpc) is 2.90. The number of fused-ring (bicyclic) bond motifs is 1. The summed E-state index contributed by atoms with van der Waals surface area (Å²) in [6.07, 6.45) is 0. The Labute approximate surface area is 115 Å². The second-order valence-electron chi connectivity index (χ2n) is 4.32. The van der Waals surface area contributed by atoms with E-state index in [1.165, 1.54) is 0 Å². The molecule has 5 heteroatoms. The second kappa shape index (κ2) is 4.66. The largest absolute Gasteiger partial charge is 0.494 e. The van der Waals surface area contributed by atoms with Gasteiger partial charge in [-0.15, -0.1) is 0 Å². The van der Waals surface area contributed by atoms with Gasteiger partial charge in [-0.3, -0.25) is 0 Å². The van der Waals surface area contributed by atoms with Crippen molar-refractivity contribution in [2.24, 2.45) is 0 Å². The number of benzene rings is 1. The molecule has 0 atom stereocenters. The maximum atomic E-state index is 5.45. The van der Waals surface area contributed by atoms with E-state index in [-0.39, 0.29) is 0 Å². The topological polar surface area (TPSA) is 39.4 Å². The van der Waals surface area contributed by atoms with Crippen molar-refractivity contribution >= 4 is 16.3 Å². The first-order chi connectivity index (χ1) is 9.19.